The number of hydrogen-bond acceptors (Lipinski definition) is 5. The van der Waals surface area contributed by atoms with E-state index < -0.39 is 10.0 Å². The van der Waals surface area contributed by atoms with Gasteiger partial charge in [0.1, 0.15) is 0 Å². The lowest BCUT2D eigenvalue weighted by atomic mass is 10.0. The molecule has 0 aliphatic carbocycles. The van der Waals surface area contributed by atoms with Crippen molar-refractivity contribution in [2.75, 3.05) is 6.54 Å². The summed E-state index contributed by atoms with van der Waals surface area (Å²) < 4.78 is 27.5. The fraction of sp³-hybridized carbons (Fsp3) is 0.389. The molecule has 0 fully saturated rings. The van der Waals surface area contributed by atoms with Crippen molar-refractivity contribution in [3.63, 3.8) is 0 Å². The number of nitrogens with two attached hydrogens (primary N) is 1. The Labute approximate surface area is 171 Å². The summed E-state index contributed by atoms with van der Waals surface area (Å²) in [7, 11) is -3.69. The van der Waals surface area contributed by atoms with E-state index in [1.165, 1.54) is 23.5 Å². The van der Waals surface area contributed by atoms with E-state index >= 15 is 0 Å². The summed E-state index contributed by atoms with van der Waals surface area (Å²) in [5, 5.41) is 4.76. The number of carbonyl (C=O) groups excluding carboxylic acids is 1. The van der Waals surface area contributed by atoms with Crippen LogP contribution in [0.4, 0.5) is 0 Å². The molecule has 0 spiro atoms. The highest BCUT2D eigenvalue weighted by Crippen LogP contribution is 2.14. The third-order valence-corrected chi connectivity index (χ3v) is 6.07. The average Bonchev–Trinajstić information content (AvgIpc) is 3.12. The van der Waals surface area contributed by atoms with Gasteiger partial charge < -0.3 is 11.1 Å². The molecule has 1 unspecified atom stereocenters. The Morgan fingerprint density at radius 2 is 1.96 bits per heavy atom. The van der Waals surface area contributed by atoms with Crippen molar-refractivity contribution in [1.29, 1.82) is 0 Å². The molecule has 1 aromatic carbocycles. The maximum atomic E-state index is 12.5. The predicted octanol–water partition coefficient (Wildman–Crippen LogP) is 2.75. The van der Waals surface area contributed by atoms with Crippen LogP contribution in [0.1, 0.15) is 35.5 Å². The van der Waals surface area contributed by atoms with Gasteiger partial charge in [-0.05, 0) is 42.0 Å². The number of benzene rings is 1. The molecule has 150 valence electrons. The lowest BCUT2D eigenvalue weighted by Crippen LogP contribution is -2.41. The number of amides is 1. The van der Waals surface area contributed by atoms with Crippen molar-refractivity contribution in [2.45, 2.75) is 37.8 Å². The number of halogens is 1. The first kappa shape index (κ1) is 23.6. The SMILES string of the molecule is CC(C)CC(CN)NC(=O)c1cccc(S(=O)(=O)NCc2cccs2)c1.Cl. The summed E-state index contributed by atoms with van der Waals surface area (Å²) in [4.78, 5) is 13.4. The third kappa shape index (κ3) is 7.23. The molecule has 0 radical (unpaired) electrons. The van der Waals surface area contributed by atoms with E-state index in [1.54, 1.807) is 12.1 Å². The Balaban J connectivity index is 0.00000364. The first-order chi connectivity index (χ1) is 12.3. The molecule has 0 aliphatic heterocycles. The summed E-state index contributed by atoms with van der Waals surface area (Å²) in [5.74, 6) is 0.0772. The second kappa shape index (κ2) is 10.8. The smallest absolute Gasteiger partial charge is 0.251 e. The third-order valence-electron chi connectivity index (χ3n) is 3.80. The van der Waals surface area contributed by atoms with Gasteiger partial charge in [-0.15, -0.1) is 23.7 Å². The maximum absolute atomic E-state index is 12.5. The first-order valence-corrected chi connectivity index (χ1v) is 10.8. The summed E-state index contributed by atoms with van der Waals surface area (Å²) in [6.07, 6.45) is 0.766. The molecular weight excluding hydrogens is 406 g/mol. The topological polar surface area (TPSA) is 101 Å². The zero-order valence-corrected chi connectivity index (χ0v) is 17.8. The van der Waals surface area contributed by atoms with Crippen LogP contribution in [0.2, 0.25) is 0 Å². The van der Waals surface area contributed by atoms with Gasteiger partial charge in [-0.25, -0.2) is 13.1 Å². The standard InChI is InChI=1S/C18H25N3O3S2.ClH/c1-13(2)9-15(11-19)21-18(22)14-5-3-7-17(10-14)26(23,24)20-12-16-6-4-8-25-16;/h3-8,10,13,15,20H,9,11-12,19H2,1-2H3,(H,21,22);1H. The molecule has 1 heterocycles. The van der Waals surface area contributed by atoms with Gasteiger partial charge in [0.05, 0.1) is 4.90 Å². The molecule has 2 rings (SSSR count). The predicted molar refractivity (Wildman–Crippen MR) is 112 cm³/mol. The van der Waals surface area contributed by atoms with Gasteiger partial charge in [0.2, 0.25) is 10.0 Å². The second-order valence-electron chi connectivity index (χ2n) is 6.47. The number of nitrogens with one attached hydrogen (secondary N) is 2. The highest BCUT2D eigenvalue weighted by atomic mass is 35.5. The molecule has 27 heavy (non-hydrogen) atoms. The van der Waals surface area contributed by atoms with Crippen molar-refractivity contribution in [1.82, 2.24) is 10.0 Å². The molecule has 0 saturated carbocycles. The van der Waals surface area contributed by atoms with Crippen molar-refractivity contribution < 1.29 is 13.2 Å². The summed E-state index contributed by atoms with van der Waals surface area (Å²) in [6.45, 7) is 4.67. The van der Waals surface area contributed by atoms with Crippen LogP contribution >= 0.6 is 23.7 Å². The normalized spacial score (nSPS) is 12.4. The maximum Gasteiger partial charge on any atom is 0.251 e. The number of rotatable bonds is 9. The van der Waals surface area contributed by atoms with E-state index in [0.29, 0.717) is 18.0 Å². The van der Waals surface area contributed by atoms with Crippen LogP contribution in [0.15, 0.2) is 46.7 Å². The first-order valence-electron chi connectivity index (χ1n) is 8.45. The van der Waals surface area contributed by atoms with Crippen LogP contribution < -0.4 is 15.8 Å². The van der Waals surface area contributed by atoms with Gasteiger partial charge in [-0.1, -0.05) is 26.0 Å². The van der Waals surface area contributed by atoms with Crippen LogP contribution in [0, 0.1) is 5.92 Å². The second-order valence-corrected chi connectivity index (χ2v) is 9.27. The number of thiophene rings is 1. The van der Waals surface area contributed by atoms with Gasteiger partial charge in [-0.2, -0.15) is 0 Å². The van der Waals surface area contributed by atoms with Crippen LogP contribution in [0.25, 0.3) is 0 Å². The largest absolute Gasteiger partial charge is 0.348 e. The van der Waals surface area contributed by atoms with Gasteiger partial charge in [-0.3, -0.25) is 4.79 Å². The minimum absolute atomic E-state index is 0. The van der Waals surface area contributed by atoms with Gasteiger partial charge >= 0.3 is 0 Å². The van der Waals surface area contributed by atoms with Crippen molar-refractivity contribution >= 4 is 39.7 Å². The number of sulfonamides is 1. The Kier molecular flexibility index (Phi) is 9.41. The molecule has 4 N–H and O–H groups in total. The van der Waals surface area contributed by atoms with Gasteiger partial charge in [0.25, 0.3) is 5.91 Å². The minimum Gasteiger partial charge on any atom is -0.348 e. The molecule has 9 heteroatoms. The van der Waals surface area contributed by atoms with Gasteiger partial charge in [0.15, 0.2) is 0 Å². The summed E-state index contributed by atoms with van der Waals surface area (Å²) >= 11 is 1.48. The molecular formula is C18H26ClN3O3S2. The monoisotopic (exact) mass is 431 g/mol. The van der Waals surface area contributed by atoms with E-state index in [2.05, 4.69) is 23.9 Å². The van der Waals surface area contributed by atoms with E-state index in [9.17, 15) is 13.2 Å². The van der Waals surface area contributed by atoms with Crippen LogP contribution in [-0.2, 0) is 16.6 Å². The molecule has 1 aromatic heterocycles. The Morgan fingerprint density at radius 1 is 1.22 bits per heavy atom. The fourth-order valence-corrected chi connectivity index (χ4v) is 4.31. The molecule has 0 saturated heterocycles. The van der Waals surface area contributed by atoms with E-state index in [1.807, 2.05) is 17.5 Å². The quantitative estimate of drug-likeness (QED) is 0.568. The molecule has 1 atom stereocenters. The van der Waals surface area contributed by atoms with E-state index in [-0.39, 0.29) is 35.8 Å². The van der Waals surface area contributed by atoms with Crippen molar-refractivity contribution in [3.8, 4) is 0 Å². The Hall–Kier alpha value is -1.45. The van der Waals surface area contributed by atoms with E-state index in [0.717, 1.165) is 11.3 Å². The van der Waals surface area contributed by atoms with Crippen LogP contribution in [0.3, 0.4) is 0 Å². The lowest BCUT2D eigenvalue weighted by molar-refractivity contribution is 0.0933. The molecule has 0 aliphatic rings. The molecule has 2 aromatic rings. The molecule has 6 nitrogen and oxygen atoms in total. The van der Waals surface area contributed by atoms with Crippen LogP contribution in [0.5, 0.6) is 0 Å². The summed E-state index contributed by atoms with van der Waals surface area (Å²) in [5.41, 5.74) is 6.01. The average molecular weight is 432 g/mol. The zero-order chi connectivity index (χ0) is 19.2. The number of carbonyl (C=O) groups is 1. The lowest BCUT2D eigenvalue weighted by Gasteiger charge is -2.19. The van der Waals surface area contributed by atoms with E-state index in [4.69, 9.17) is 5.73 Å². The summed E-state index contributed by atoms with van der Waals surface area (Å²) in [6, 6.07) is 9.60. The zero-order valence-electron chi connectivity index (χ0n) is 15.3. The molecule has 1 amide bonds. The minimum atomic E-state index is -3.69. The number of hydrogen-bond donors (Lipinski definition) is 3. The van der Waals surface area contributed by atoms with Gasteiger partial charge in [0, 0.05) is 29.6 Å². The van der Waals surface area contributed by atoms with Crippen LogP contribution in [-0.4, -0.2) is 26.9 Å². The Morgan fingerprint density at radius 3 is 2.56 bits per heavy atom. The highest BCUT2D eigenvalue weighted by Gasteiger charge is 2.18. The molecule has 0 bridgehead atoms. The highest BCUT2D eigenvalue weighted by molar-refractivity contribution is 7.89. The fourth-order valence-electron chi connectivity index (χ4n) is 2.52. The Bertz CT molecular complexity index is 824. The van der Waals surface area contributed by atoms with Crippen molar-refractivity contribution in [3.05, 3.63) is 52.2 Å². The van der Waals surface area contributed by atoms with Crippen molar-refractivity contribution in [2.24, 2.45) is 11.7 Å².